The quantitative estimate of drug-likeness (QED) is 0.218. The van der Waals surface area contributed by atoms with Gasteiger partial charge < -0.3 is 29.7 Å². The van der Waals surface area contributed by atoms with Crippen LogP contribution in [-0.2, 0) is 29.1 Å². The minimum atomic E-state index is -4.93. The van der Waals surface area contributed by atoms with Crippen molar-refractivity contribution in [3.63, 3.8) is 0 Å². The summed E-state index contributed by atoms with van der Waals surface area (Å²) in [5.41, 5.74) is -4.08. The van der Waals surface area contributed by atoms with E-state index >= 15 is 4.79 Å². The van der Waals surface area contributed by atoms with Gasteiger partial charge in [0.05, 0.1) is 23.9 Å². The van der Waals surface area contributed by atoms with Crippen molar-refractivity contribution in [3.05, 3.63) is 54.9 Å². The molecule has 3 N–H and O–H groups in total. The predicted octanol–water partition coefficient (Wildman–Crippen LogP) is 5.49. The Labute approximate surface area is 363 Å². The minimum Gasteiger partial charge on any atom is -0.497 e. The van der Waals surface area contributed by atoms with E-state index < -0.39 is 85.9 Å². The first-order valence-corrected chi connectivity index (χ1v) is 22.7. The zero-order valence-electron chi connectivity index (χ0n) is 36.0. The van der Waals surface area contributed by atoms with Crippen molar-refractivity contribution in [2.24, 2.45) is 17.8 Å². The molecule has 4 heterocycles. The third-order valence-corrected chi connectivity index (χ3v) is 15.1. The molecule has 7 rings (SSSR count). The standard InChI is InChI=1S/C43H54F3N7O9S/c1-7-26-19-25(2)11-8-9-12-27-23-42(27,38(56)51-63(58,59)41(5)15-16-41)50-36(54)32-21-29(24-52(32)37(55)35(26)49-39(57)62-40(3,4)43(44,45)46)61-33-22-34(53-18-10-17-47-53)48-31-20-28(60-6)13-14-30(31)33/h9-10,12-14,17-18,20,22,25-27,29,32,35H,7-8,11,15-16,19,21,23-24H2,1-6H3,(H,49,57)(H,50,54)(H,51,56). The van der Waals surface area contributed by atoms with Gasteiger partial charge in [0.2, 0.25) is 27.4 Å². The lowest BCUT2D eigenvalue weighted by molar-refractivity contribution is -0.244. The normalized spacial score (nSPS) is 27.5. The molecule has 342 valence electrons. The molecule has 4 amide bonds. The van der Waals surface area contributed by atoms with Gasteiger partial charge in [-0.2, -0.15) is 18.3 Å². The van der Waals surface area contributed by atoms with Gasteiger partial charge in [0.25, 0.3) is 5.91 Å². The number of carbonyl (C=O) groups is 4. The Balaban J connectivity index is 1.27. The van der Waals surface area contributed by atoms with Crippen LogP contribution in [0.4, 0.5) is 18.0 Å². The molecular formula is C43H54F3N7O9S. The number of nitrogens with zero attached hydrogens (tertiary/aromatic N) is 4. The lowest BCUT2D eigenvalue weighted by atomic mass is 9.85. The van der Waals surface area contributed by atoms with Gasteiger partial charge in [-0.3, -0.25) is 19.1 Å². The van der Waals surface area contributed by atoms with Gasteiger partial charge in [0.1, 0.15) is 35.2 Å². The van der Waals surface area contributed by atoms with Crippen LogP contribution in [0.2, 0.25) is 0 Å². The van der Waals surface area contributed by atoms with Gasteiger partial charge in [-0.1, -0.05) is 32.4 Å². The Morgan fingerprint density at radius 1 is 1.11 bits per heavy atom. The maximum Gasteiger partial charge on any atom is 0.427 e. The van der Waals surface area contributed by atoms with Crippen molar-refractivity contribution in [3.8, 4) is 17.3 Å². The SMILES string of the molecule is CCC1CC(C)CCC=CC2CC2(C(=O)NS(=O)(=O)C2(C)CC2)NC(=O)C2CC(Oc3cc(-n4cccn4)nc4cc(OC)ccc34)CN2C(=O)C1NC(=O)OC(C)(C)C(F)(F)F. The number of halogens is 3. The Hall–Kier alpha value is -5.40. The molecular weight excluding hydrogens is 848 g/mol. The highest BCUT2D eigenvalue weighted by atomic mass is 32.2. The molecule has 1 aromatic carbocycles. The molecule has 0 radical (unpaired) electrons. The third-order valence-electron chi connectivity index (χ3n) is 12.9. The Kier molecular flexibility index (Phi) is 12.3. The smallest absolute Gasteiger partial charge is 0.427 e. The fourth-order valence-electron chi connectivity index (χ4n) is 8.35. The number of pyridine rings is 1. The summed E-state index contributed by atoms with van der Waals surface area (Å²) in [7, 11) is -2.59. The number of fused-ring (bicyclic) bond motifs is 3. The van der Waals surface area contributed by atoms with E-state index in [4.69, 9.17) is 19.2 Å². The summed E-state index contributed by atoms with van der Waals surface area (Å²) in [6, 6.07) is 5.75. The number of aromatic nitrogens is 3. The average Bonchev–Trinajstić information content (AvgIpc) is 3.97. The van der Waals surface area contributed by atoms with Crippen LogP contribution in [0.3, 0.4) is 0 Å². The number of nitrogens with one attached hydrogen (secondary N) is 3. The molecule has 0 bridgehead atoms. The second-order valence-electron chi connectivity index (χ2n) is 18.0. The second kappa shape index (κ2) is 17.0. The molecule has 2 aliphatic heterocycles. The van der Waals surface area contributed by atoms with E-state index in [1.165, 1.54) is 23.6 Å². The highest BCUT2D eigenvalue weighted by molar-refractivity contribution is 7.91. The van der Waals surface area contributed by atoms with Crippen LogP contribution in [0.5, 0.6) is 11.5 Å². The highest BCUT2D eigenvalue weighted by Gasteiger charge is 2.63. The number of alkyl halides is 3. The lowest BCUT2D eigenvalue weighted by Crippen LogP contribution is -2.60. The van der Waals surface area contributed by atoms with Crippen LogP contribution < -0.4 is 24.8 Å². The van der Waals surface area contributed by atoms with Gasteiger partial charge in [-0.15, -0.1) is 0 Å². The molecule has 63 heavy (non-hydrogen) atoms. The van der Waals surface area contributed by atoms with Crippen molar-refractivity contribution in [2.75, 3.05) is 13.7 Å². The fraction of sp³-hybridized carbons (Fsp3) is 0.581. The maximum absolute atomic E-state index is 15.1. The third kappa shape index (κ3) is 9.31. The molecule has 7 atom stereocenters. The summed E-state index contributed by atoms with van der Waals surface area (Å²) in [5, 5.41) is 10.1. The van der Waals surface area contributed by atoms with E-state index in [1.54, 1.807) is 55.7 Å². The van der Waals surface area contributed by atoms with Gasteiger partial charge in [0, 0.05) is 42.3 Å². The van der Waals surface area contributed by atoms with Crippen LogP contribution in [0.15, 0.2) is 54.9 Å². The summed E-state index contributed by atoms with van der Waals surface area (Å²) in [4.78, 5) is 63.2. The number of sulfonamides is 1. The highest BCUT2D eigenvalue weighted by Crippen LogP contribution is 2.48. The van der Waals surface area contributed by atoms with Crippen LogP contribution in [0.1, 0.15) is 86.0 Å². The summed E-state index contributed by atoms with van der Waals surface area (Å²) in [5.74, 6) is -2.44. The molecule has 1 saturated heterocycles. The number of ether oxygens (including phenoxy) is 3. The molecule has 3 aromatic rings. The monoisotopic (exact) mass is 901 g/mol. The molecule has 20 heteroatoms. The Morgan fingerprint density at radius 3 is 2.51 bits per heavy atom. The molecule has 2 aromatic heterocycles. The van der Waals surface area contributed by atoms with Gasteiger partial charge in [-0.05, 0) is 89.3 Å². The van der Waals surface area contributed by atoms with Crippen molar-refractivity contribution >= 4 is 44.7 Å². The second-order valence-corrected chi connectivity index (χ2v) is 20.2. The van der Waals surface area contributed by atoms with Gasteiger partial charge >= 0.3 is 12.3 Å². The van der Waals surface area contributed by atoms with Crippen molar-refractivity contribution in [1.29, 1.82) is 0 Å². The average molecular weight is 902 g/mol. The first-order valence-electron chi connectivity index (χ1n) is 21.2. The van der Waals surface area contributed by atoms with E-state index in [-0.39, 0.29) is 25.3 Å². The zero-order chi connectivity index (χ0) is 45.7. The van der Waals surface area contributed by atoms with E-state index in [0.717, 1.165) is 0 Å². The number of rotatable bonds is 10. The number of hydrogen-bond donors (Lipinski definition) is 3. The fourth-order valence-corrected chi connectivity index (χ4v) is 9.66. The van der Waals surface area contributed by atoms with Crippen LogP contribution in [0, 0.1) is 17.8 Å². The summed E-state index contributed by atoms with van der Waals surface area (Å²) in [6.07, 6.45) is 2.19. The van der Waals surface area contributed by atoms with E-state index in [1.807, 2.05) is 13.0 Å². The van der Waals surface area contributed by atoms with Crippen LogP contribution in [0.25, 0.3) is 16.7 Å². The Morgan fingerprint density at radius 2 is 1.86 bits per heavy atom. The predicted molar refractivity (Wildman–Crippen MR) is 223 cm³/mol. The zero-order valence-corrected chi connectivity index (χ0v) is 36.8. The van der Waals surface area contributed by atoms with E-state index in [2.05, 4.69) is 20.5 Å². The van der Waals surface area contributed by atoms with Crippen LogP contribution >= 0.6 is 0 Å². The lowest BCUT2D eigenvalue weighted by Gasteiger charge is -2.35. The van der Waals surface area contributed by atoms with Crippen molar-refractivity contribution in [2.45, 2.75) is 126 Å². The maximum atomic E-state index is 15.1. The molecule has 0 spiro atoms. The summed E-state index contributed by atoms with van der Waals surface area (Å²) >= 11 is 0. The van der Waals surface area contributed by atoms with Crippen LogP contribution in [-0.4, -0.2) is 106 Å². The molecule has 2 saturated carbocycles. The number of carbonyl (C=O) groups excluding carboxylic acids is 4. The topological polar surface area (TPSA) is 200 Å². The minimum absolute atomic E-state index is 0.0473. The Bertz CT molecular complexity index is 2390. The van der Waals surface area contributed by atoms with E-state index in [9.17, 15) is 36.0 Å². The number of methoxy groups -OCH3 is 1. The first kappa shape index (κ1) is 45.6. The van der Waals surface area contributed by atoms with Crippen molar-refractivity contribution in [1.82, 2.24) is 35.0 Å². The van der Waals surface area contributed by atoms with Gasteiger partial charge in [-0.25, -0.2) is 22.9 Å². The summed E-state index contributed by atoms with van der Waals surface area (Å²) in [6.45, 7) is 6.47. The number of alkyl carbamates (subject to hydrolysis) is 1. The molecule has 7 unspecified atom stereocenters. The number of amides is 4. The summed E-state index contributed by atoms with van der Waals surface area (Å²) < 4.78 is 87.8. The molecule has 2 aliphatic carbocycles. The molecule has 3 fully saturated rings. The number of allylic oxidation sites excluding steroid dienone is 1. The molecule has 4 aliphatic rings. The van der Waals surface area contributed by atoms with Gasteiger partial charge in [0.15, 0.2) is 5.82 Å². The first-order chi connectivity index (χ1) is 29.6. The number of hydrogen-bond acceptors (Lipinski definition) is 11. The molecule has 16 nitrogen and oxygen atoms in total. The van der Waals surface area contributed by atoms with Crippen molar-refractivity contribution < 1.29 is 55.0 Å². The van der Waals surface area contributed by atoms with E-state index in [0.29, 0.717) is 80.6 Å². The largest absolute Gasteiger partial charge is 0.497 e. The number of benzene rings is 1.